The van der Waals surface area contributed by atoms with Gasteiger partial charge < -0.3 is 15.0 Å². The lowest BCUT2D eigenvalue weighted by Gasteiger charge is -2.28. The molecule has 1 heterocycles. The minimum Gasteiger partial charge on any atom is -0.483 e. The molecule has 7 nitrogen and oxygen atoms in total. The smallest absolute Gasteiger partial charge is 0.260 e. The van der Waals surface area contributed by atoms with Gasteiger partial charge in [0.2, 0.25) is 0 Å². The largest absolute Gasteiger partial charge is 0.483 e. The molecular formula is C22H26N2O5S. The van der Waals surface area contributed by atoms with Gasteiger partial charge in [-0.2, -0.15) is 0 Å². The van der Waals surface area contributed by atoms with E-state index >= 15 is 0 Å². The van der Waals surface area contributed by atoms with E-state index in [0.29, 0.717) is 30.0 Å². The fraction of sp³-hybridized carbons (Fsp3) is 0.364. The van der Waals surface area contributed by atoms with Crippen molar-refractivity contribution in [2.45, 2.75) is 25.8 Å². The lowest BCUT2D eigenvalue weighted by Crippen LogP contribution is -2.44. The van der Waals surface area contributed by atoms with E-state index in [-0.39, 0.29) is 36.0 Å². The number of hydrogen-bond donors (Lipinski definition) is 1. The topological polar surface area (TPSA) is 92.8 Å². The summed E-state index contributed by atoms with van der Waals surface area (Å²) >= 11 is 0. The van der Waals surface area contributed by atoms with Crippen LogP contribution in [0, 0.1) is 0 Å². The number of benzene rings is 2. The van der Waals surface area contributed by atoms with Crippen LogP contribution in [0.2, 0.25) is 0 Å². The van der Waals surface area contributed by atoms with Crippen LogP contribution in [-0.4, -0.2) is 55.8 Å². The molecule has 30 heavy (non-hydrogen) atoms. The Bertz CT molecular complexity index is 992. The number of sulfone groups is 1. The van der Waals surface area contributed by atoms with Gasteiger partial charge in [-0.25, -0.2) is 8.42 Å². The van der Waals surface area contributed by atoms with Crippen LogP contribution < -0.4 is 10.1 Å². The second kappa shape index (κ2) is 9.75. The van der Waals surface area contributed by atoms with Crippen LogP contribution in [0.25, 0.3) is 0 Å². The molecule has 1 fully saturated rings. The Morgan fingerprint density at radius 3 is 2.47 bits per heavy atom. The first-order valence-corrected chi connectivity index (χ1v) is 11.8. The summed E-state index contributed by atoms with van der Waals surface area (Å²) in [4.78, 5) is 27.0. The normalized spacial score (nSPS) is 17.3. The molecule has 8 heteroatoms. The minimum atomic E-state index is -3.09. The Kier molecular flexibility index (Phi) is 7.10. The van der Waals surface area contributed by atoms with Gasteiger partial charge in [0, 0.05) is 18.3 Å². The van der Waals surface area contributed by atoms with Crippen molar-refractivity contribution < 1.29 is 22.7 Å². The van der Waals surface area contributed by atoms with Gasteiger partial charge in [-0.15, -0.1) is 0 Å². The van der Waals surface area contributed by atoms with E-state index in [0.717, 1.165) is 6.42 Å². The van der Waals surface area contributed by atoms with Crippen molar-refractivity contribution in [2.24, 2.45) is 0 Å². The summed E-state index contributed by atoms with van der Waals surface area (Å²) in [5, 5.41) is 2.80. The molecule has 0 bridgehead atoms. The first kappa shape index (κ1) is 21.8. The molecular weight excluding hydrogens is 404 g/mol. The number of amides is 2. The van der Waals surface area contributed by atoms with Crippen molar-refractivity contribution in [1.29, 1.82) is 0 Å². The summed E-state index contributed by atoms with van der Waals surface area (Å²) in [6, 6.07) is 15.5. The molecule has 3 rings (SSSR count). The van der Waals surface area contributed by atoms with Crippen LogP contribution in [-0.2, 0) is 14.6 Å². The average molecular weight is 431 g/mol. The summed E-state index contributed by atoms with van der Waals surface area (Å²) < 4.78 is 29.3. The molecule has 2 amide bonds. The number of nitrogens with zero attached hydrogens (tertiary/aromatic N) is 1. The lowest BCUT2D eigenvalue weighted by atomic mass is 10.2. The highest BCUT2D eigenvalue weighted by atomic mass is 32.2. The Balaban J connectivity index is 1.67. The van der Waals surface area contributed by atoms with Crippen LogP contribution in [0.5, 0.6) is 5.75 Å². The quantitative estimate of drug-likeness (QED) is 0.695. The molecule has 0 spiro atoms. The standard InChI is InChI=1S/C22H26N2O5S/c1-2-13-24(18-12-14-30(27,28)16-18)21(25)15-29-20-11-7-6-10-19(20)22(26)23-17-8-4-3-5-9-17/h3-11,18H,2,12-16H2,1H3,(H,23,26). The van der Waals surface area contributed by atoms with Crippen LogP contribution in [0.3, 0.4) is 0 Å². The number of ether oxygens (including phenoxy) is 1. The van der Waals surface area contributed by atoms with Crippen molar-refractivity contribution in [1.82, 2.24) is 4.90 Å². The third-order valence-electron chi connectivity index (χ3n) is 4.95. The first-order valence-electron chi connectivity index (χ1n) is 9.97. The molecule has 1 atom stereocenters. The monoisotopic (exact) mass is 430 g/mol. The highest BCUT2D eigenvalue weighted by Crippen LogP contribution is 2.22. The molecule has 1 aliphatic heterocycles. The van der Waals surface area contributed by atoms with Crippen molar-refractivity contribution in [3.63, 3.8) is 0 Å². The zero-order valence-corrected chi connectivity index (χ0v) is 17.7. The van der Waals surface area contributed by atoms with E-state index in [4.69, 9.17) is 4.74 Å². The SMILES string of the molecule is CCCN(C(=O)COc1ccccc1C(=O)Nc1ccccc1)C1CCS(=O)(=O)C1. The second-order valence-electron chi connectivity index (χ2n) is 7.25. The first-order chi connectivity index (χ1) is 14.4. The second-order valence-corrected chi connectivity index (χ2v) is 9.48. The van der Waals surface area contributed by atoms with Gasteiger partial charge in [0.05, 0.1) is 17.1 Å². The summed E-state index contributed by atoms with van der Waals surface area (Å²) in [5.74, 6) is -0.216. The molecule has 0 aliphatic carbocycles. The van der Waals surface area contributed by atoms with Crippen molar-refractivity contribution in [3.05, 3.63) is 60.2 Å². The Morgan fingerprint density at radius 1 is 1.10 bits per heavy atom. The average Bonchev–Trinajstić information content (AvgIpc) is 3.10. The van der Waals surface area contributed by atoms with Crippen molar-refractivity contribution >= 4 is 27.3 Å². The highest BCUT2D eigenvalue weighted by molar-refractivity contribution is 7.91. The molecule has 1 unspecified atom stereocenters. The number of carbonyl (C=O) groups is 2. The maximum Gasteiger partial charge on any atom is 0.260 e. The van der Waals surface area contributed by atoms with Crippen molar-refractivity contribution in [3.8, 4) is 5.75 Å². The van der Waals surface area contributed by atoms with E-state index in [2.05, 4.69) is 5.32 Å². The summed E-state index contributed by atoms with van der Waals surface area (Å²) in [6.07, 6.45) is 1.17. The summed E-state index contributed by atoms with van der Waals surface area (Å²) in [6.45, 7) is 2.15. The number of carbonyl (C=O) groups excluding carboxylic acids is 2. The van der Waals surface area contributed by atoms with Gasteiger partial charge in [0.15, 0.2) is 16.4 Å². The predicted molar refractivity (Wildman–Crippen MR) is 115 cm³/mol. The van der Waals surface area contributed by atoms with Crippen LogP contribution in [0.15, 0.2) is 54.6 Å². The van der Waals surface area contributed by atoms with Crippen LogP contribution in [0.4, 0.5) is 5.69 Å². The van der Waals surface area contributed by atoms with Gasteiger partial charge in [-0.05, 0) is 37.1 Å². The van der Waals surface area contributed by atoms with E-state index in [1.165, 1.54) is 0 Å². The number of hydrogen-bond acceptors (Lipinski definition) is 5. The molecule has 0 radical (unpaired) electrons. The van der Waals surface area contributed by atoms with Crippen LogP contribution >= 0.6 is 0 Å². The fourth-order valence-electron chi connectivity index (χ4n) is 3.50. The van der Waals surface area contributed by atoms with Gasteiger partial charge in [0.25, 0.3) is 11.8 Å². The summed E-state index contributed by atoms with van der Waals surface area (Å²) in [7, 11) is -3.09. The maximum absolute atomic E-state index is 12.8. The zero-order chi connectivity index (χ0) is 21.6. The zero-order valence-electron chi connectivity index (χ0n) is 16.9. The van der Waals surface area contributed by atoms with E-state index in [1.54, 1.807) is 41.3 Å². The third kappa shape index (κ3) is 5.60. The molecule has 2 aromatic rings. The molecule has 0 aromatic heterocycles. The third-order valence-corrected chi connectivity index (χ3v) is 6.70. The van der Waals surface area contributed by atoms with Gasteiger partial charge in [-0.3, -0.25) is 9.59 Å². The Labute approximate surface area is 177 Å². The molecule has 1 saturated heterocycles. The number of anilines is 1. The van der Waals surface area contributed by atoms with Gasteiger partial charge >= 0.3 is 0 Å². The van der Waals surface area contributed by atoms with Crippen molar-refractivity contribution in [2.75, 3.05) is 30.0 Å². The Morgan fingerprint density at radius 2 is 1.80 bits per heavy atom. The molecule has 160 valence electrons. The van der Waals surface area contributed by atoms with E-state index in [9.17, 15) is 18.0 Å². The van der Waals surface area contributed by atoms with E-state index < -0.39 is 9.84 Å². The molecule has 1 N–H and O–H groups in total. The molecule has 2 aromatic carbocycles. The minimum absolute atomic E-state index is 0.00515. The predicted octanol–water partition coefficient (Wildman–Crippen LogP) is 2.74. The van der Waals surface area contributed by atoms with Gasteiger partial charge in [0.1, 0.15) is 5.75 Å². The lowest BCUT2D eigenvalue weighted by molar-refractivity contribution is -0.135. The Hall–Kier alpha value is -2.87. The van der Waals surface area contributed by atoms with Gasteiger partial charge in [-0.1, -0.05) is 37.3 Å². The van der Waals surface area contributed by atoms with Crippen LogP contribution in [0.1, 0.15) is 30.1 Å². The number of rotatable bonds is 8. The summed E-state index contributed by atoms with van der Waals surface area (Å²) in [5.41, 5.74) is 0.976. The highest BCUT2D eigenvalue weighted by Gasteiger charge is 2.34. The molecule has 0 saturated carbocycles. The fourth-order valence-corrected chi connectivity index (χ4v) is 5.23. The number of nitrogens with one attached hydrogen (secondary N) is 1. The maximum atomic E-state index is 12.8. The number of para-hydroxylation sites is 2. The van der Waals surface area contributed by atoms with E-state index in [1.807, 2.05) is 25.1 Å². The molecule has 1 aliphatic rings.